The van der Waals surface area contributed by atoms with Crippen LogP contribution in [0.25, 0.3) is 28.1 Å². The summed E-state index contributed by atoms with van der Waals surface area (Å²) in [5, 5.41) is 20.5. The van der Waals surface area contributed by atoms with Gasteiger partial charge in [-0.3, -0.25) is 9.78 Å². The highest BCUT2D eigenvalue weighted by molar-refractivity contribution is 5.96. The lowest BCUT2D eigenvalue weighted by atomic mass is 9.95. The molecule has 2 aliphatic carbocycles. The highest BCUT2D eigenvalue weighted by Crippen LogP contribution is 2.46. The lowest BCUT2D eigenvalue weighted by Crippen LogP contribution is -2.56. The van der Waals surface area contributed by atoms with Crippen molar-refractivity contribution in [2.45, 2.75) is 44.1 Å². The zero-order valence-electron chi connectivity index (χ0n) is 20.8. The normalized spacial score (nSPS) is 19.6. The van der Waals surface area contributed by atoms with E-state index in [1.165, 1.54) is 0 Å². The number of carbonyl (C=O) groups is 1. The van der Waals surface area contributed by atoms with Crippen LogP contribution in [-0.2, 0) is 4.79 Å². The van der Waals surface area contributed by atoms with Crippen LogP contribution in [0.3, 0.4) is 0 Å². The second kappa shape index (κ2) is 9.56. The fraction of sp³-hybridized carbons (Fsp3) is 0.414. The van der Waals surface area contributed by atoms with Crippen molar-refractivity contribution >= 4 is 28.7 Å². The average molecular weight is 495 g/mol. The first-order chi connectivity index (χ1) is 18.1. The molecule has 3 aromatic rings. The maximum atomic E-state index is 12.7. The van der Waals surface area contributed by atoms with Crippen molar-refractivity contribution in [3.05, 3.63) is 54.1 Å². The van der Waals surface area contributed by atoms with Gasteiger partial charge in [-0.25, -0.2) is 9.97 Å². The molecule has 0 bridgehead atoms. The van der Waals surface area contributed by atoms with Crippen LogP contribution in [0.4, 0.5) is 5.82 Å². The molecule has 1 atom stereocenters. The van der Waals surface area contributed by atoms with Crippen molar-refractivity contribution in [2.75, 3.05) is 31.1 Å². The van der Waals surface area contributed by atoms with Gasteiger partial charge in [-0.05, 0) is 61.4 Å². The molecule has 8 nitrogen and oxygen atoms in total. The number of amides is 1. The molecule has 37 heavy (non-hydrogen) atoms. The van der Waals surface area contributed by atoms with E-state index in [2.05, 4.69) is 27.5 Å². The Morgan fingerprint density at radius 3 is 2.73 bits per heavy atom. The largest absolute Gasteiger partial charge is 0.396 e. The molecule has 3 aromatic heterocycles. The number of nitriles is 1. The van der Waals surface area contributed by atoms with Crippen LogP contribution in [0.1, 0.15) is 55.0 Å². The van der Waals surface area contributed by atoms with E-state index in [-0.39, 0.29) is 25.0 Å². The standard InChI is InChI=1S/C29H30N6O2/c1-2-21-14-23(22-7-9-31-16-25(22)32-21)24-13-20(15-30)29(33-28(24)19-5-6-19)34-10-11-35(27(37)8-12-36)26(17-34)18-3-4-18/h2,7,9,13-14,16,18-19,26,36H,1,3-6,8,10-12,17H2/t26-/m0/s1. The van der Waals surface area contributed by atoms with E-state index in [1.54, 1.807) is 18.5 Å². The third-order valence-corrected chi connectivity index (χ3v) is 7.78. The van der Waals surface area contributed by atoms with Crippen molar-refractivity contribution in [3.8, 4) is 17.2 Å². The number of aliphatic hydroxyl groups is 1. The fourth-order valence-electron chi connectivity index (χ4n) is 5.59. The minimum atomic E-state index is -0.129. The molecule has 0 spiro atoms. The van der Waals surface area contributed by atoms with Gasteiger partial charge in [-0.2, -0.15) is 5.26 Å². The number of aliphatic hydroxyl groups excluding tert-OH is 1. The van der Waals surface area contributed by atoms with Crippen molar-refractivity contribution in [2.24, 2.45) is 5.92 Å². The Morgan fingerprint density at radius 2 is 2.03 bits per heavy atom. The lowest BCUT2D eigenvalue weighted by molar-refractivity contribution is -0.135. The molecule has 8 heteroatoms. The SMILES string of the molecule is C=Cc1cc(-c2cc(C#N)c(N3CCN(C(=O)CCO)[C@H](C4CC4)C3)nc2C2CC2)c2ccncc2n1. The number of piperazine rings is 1. The Hall–Kier alpha value is -3.83. The molecule has 3 aliphatic rings. The molecule has 6 rings (SSSR count). The molecule has 1 aliphatic heterocycles. The highest BCUT2D eigenvalue weighted by atomic mass is 16.3. The van der Waals surface area contributed by atoms with Crippen LogP contribution >= 0.6 is 0 Å². The van der Waals surface area contributed by atoms with Crippen molar-refractivity contribution in [1.82, 2.24) is 19.9 Å². The minimum absolute atomic E-state index is 0.0126. The summed E-state index contributed by atoms with van der Waals surface area (Å²) in [6, 6.07) is 8.49. The first kappa shape index (κ1) is 23.6. The van der Waals surface area contributed by atoms with Gasteiger partial charge in [-0.1, -0.05) is 6.58 Å². The quantitative estimate of drug-likeness (QED) is 0.531. The predicted octanol–water partition coefficient (Wildman–Crippen LogP) is 3.89. The summed E-state index contributed by atoms with van der Waals surface area (Å²) < 4.78 is 0. The van der Waals surface area contributed by atoms with E-state index in [0.29, 0.717) is 37.0 Å². The molecule has 2 saturated carbocycles. The zero-order chi connectivity index (χ0) is 25.5. The summed E-state index contributed by atoms with van der Waals surface area (Å²) >= 11 is 0. The summed E-state index contributed by atoms with van der Waals surface area (Å²) in [6.45, 7) is 5.65. The molecule has 1 saturated heterocycles. The van der Waals surface area contributed by atoms with Gasteiger partial charge in [-0.15, -0.1) is 0 Å². The number of pyridine rings is 3. The highest BCUT2D eigenvalue weighted by Gasteiger charge is 2.41. The van der Waals surface area contributed by atoms with Crippen LogP contribution in [0.5, 0.6) is 0 Å². The second-order valence-corrected chi connectivity index (χ2v) is 10.3. The van der Waals surface area contributed by atoms with Gasteiger partial charge >= 0.3 is 0 Å². The number of fused-ring (bicyclic) bond motifs is 1. The summed E-state index contributed by atoms with van der Waals surface area (Å²) in [6.07, 6.45) is 9.80. The Balaban J connectivity index is 1.42. The van der Waals surface area contributed by atoms with Crippen LogP contribution in [0.2, 0.25) is 0 Å². The first-order valence-corrected chi connectivity index (χ1v) is 13.1. The number of anilines is 1. The molecule has 0 radical (unpaired) electrons. The first-order valence-electron chi connectivity index (χ1n) is 13.1. The van der Waals surface area contributed by atoms with Crippen molar-refractivity contribution in [1.29, 1.82) is 5.26 Å². The number of hydrogen-bond acceptors (Lipinski definition) is 7. The Bertz CT molecular complexity index is 1420. The third-order valence-electron chi connectivity index (χ3n) is 7.78. The van der Waals surface area contributed by atoms with Crippen LogP contribution in [-0.4, -0.2) is 63.1 Å². The topological polar surface area (TPSA) is 106 Å². The van der Waals surface area contributed by atoms with E-state index >= 15 is 0 Å². The summed E-state index contributed by atoms with van der Waals surface area (Å²) in [5.74, 6) is 1.58. The van der Waals surface area contributed by atoms with Crippen LogP contribution in [0.15, 0.2) is 37.2 Å². The van der Waals surface area contributed by atoms with Gasteiger partial charge < -0.3 is 14.9 Å². The van der Waals surface area contributed by atoms with E-state index in [0.717, 1.165) is 64.9 Å². The van der Waals surface area contributed by atoms with Gasteiger partial charge in [0.15, 0.2) is 0 Å². The van der Waals surface area contributed by atoms with Gasteiger partial charge in [0.1, 0.15) is 11.9 Å². The number of aromatic nitrogens is 3. The van der Waals surface area contributed by atoms with Gasteiger partial charge in [0.2, 0.25) is 5.91 Å². The maximum absolute atomic E-state index is 12.7. The summed E-state index contributed by atoms with van der Waals surface area (Å²) in [5.41, 5.74) is 5.08. The van der Waals surface area contributed by atoms with Gasteiger partial charge in [0, 0.05) is 49.1 Å². The summed E-state index contributed by atoms with van der Waals surface area (Å²) in [7, 11) is 0. The van der Waals surface area contributed by atoms with E-state index in [9.17, 15) is 15.2 Å². The number of rotatable bonds is 7. The number of hydrogen-bond donors (Lipinski definition) is 1. The second-order valence-electron chi connectivity index (χ2n) is 10.3. The van der Waals surface area contributed by atoms with E-state index < -0.39 is 0 Å². The molecule has 3 fully saturated rings. The van der Waals surface area contributed by atoms with Crippen LogP contribution in [0, 0.1) is 17.2 Å². The Kier molecular flexibility index (Phi) is 6.09. The maximum Gasteiger partial charge on any atom is 0.225 e. The Morgan fingerprint density at radius 1 is 1.19 bits per heavy atom. The number of nitrogens with zero attached hydrogens (tertiary/aromatic N) is 6. The van der Waals surface area contributed by atoms with Crippen molar-refractivity contribution in [3.63, 3.8) is 0 Å². The molecule has 0 unspecified atom stereocenters. The average Bonchev–Trinajstić information content (AvgIpc) is 3.85. The predicted molar refractivity (Wildman–Crippen MR) is 142 cm³/mol. The van der Waals surface area contributed by atoms with E-state index in [4.69, 9.17) is 4.98 Å². The summed E-state index contributed by atoms with van der Waals surface area (Å²) in [4.78, 5) is 30.9. The minimum Gasteiger partial charge on any atom is -0.396 e. The van der Waals surface area contributed by atoms with Gasteiger partial charge in [0.25, 0.3) is 0 Å². The molecule has 4 heterocycles. The fourth-order valence-corrected chi connectivity index (χ4v) is 5.59. The van der Waals surface area contributed by atoms with Gasteiger partial charge in [0.05, 0.1) is 41.3 Å². The molecule has 0 aromatic carbocycles. The lowest BCUT2D eigenvalue weighted by Gasteiger charge is -2.42. The van der Waals surface area contributed by atoms with Crippen LogP contribution < -0.4 is 4.90 Å². The smallest absolute Gasteiger partial charge is 0.225 e. The Labute approximate surface area is 216 Å². The van der Waals surface area contributed by atoms with Crippen molar-refractivity contribution < 1.29 is 9.90 Å². The molecular weight excluding hydrogens is 464 g/mol. The third kappa shape index (κ3) is 4.44. The monoisotopic (exact) mass is 494 g/mol. The molecular formula is C29H30N6O2. The molecule has 1 N–H and O–H groups in total. The molecule has 188 valence electrons. The van der Waals surface area contributed by atoms with E-state index in [1.807, 2.05) is 23.1 Å². The molecule has 1 amide bonds. The number of carbonyl (C=O) groups excluding carboxylic acids is 1. The zero-order valence-corrected chi connectivity index (χ0v) is 20.8.